The molecule has 0 aliphatic carbocycles. The summed E-state index contributed by atoms with van der Waals surface area (Å²) in [7, 11) is 1.80. The first kappa shape index (κ1) is 16.1. The Morgan fingerprint density at radius 1 is 1.17 bits per heavy atom. The number of methoxy groups -OCH3 is 1. The number of benzene rings is 1. The predicted molar refractivity (Wildman–Crippen MR) is 96.0 cm³/mol. The van der Waals surface area contributed by atoms with Gasteiger partial charge in [-0.25, -0.2) is 4.98 Å². The Balaban J connectivity index is 1.38. The van der Waals surface area contributed by atoms with Crippen molar-refractivity contribution in [2.45, 2.75) is 25.8 Å². The standard InChI is InChI=1S/C19H28N4O/c1-24-12-11-22-9-4-7-19(14-22)8-10-23(15-19)13-18-20-16-5-2-3-6-17(16)21-18/h2-3,5-6H,4,7-15H2,1H3,(H,20,21). The van der Waals surface area contributed by atoms with Gasteiger partial charge < -0.3 is 14.6 Å². The number of H-pyrrole nitrogens is 1. The molecule has 130 valence electrons. The molecule has 2 fully saturated rings. The number of hydrogen-bond acceptors (Lipinski definition) is 4. The molecule has 0 radical (unpaired) electrons. The third-order valence-corrected chi connectivity index (χ3v) is 5.68. The fourth-order valence-corrected chi connectivity index (χ4v) is 4.51. The maximum absolute atomic E-state index is 5.26. The summed E-state index contributed by atoms with van der Waals surface area (Å²) in [5, 5.41) is 0. The van der Waals surface area contributed by atoms with E-state index in [1.54, 1.807) is 7.11 Å². The lowest BCUT2D eigenvalue weighted by molar-refractivity contribution is 0.0672. The van der Waals surface area contributed by atoms with Crippen molar-refractivity contribution in [3.63, 3.8) is 0 Å². The summed E-state index contributed by atoms with van der Waals surface area (Å²) in [6.45, 7) is 7.71. The van der Waals surface area contributed by atoms with Gasteiger partial charge >= 0.3 is 0 Å². The summed E-state index contributed by atoms with van der Waals surface area (Å²) in [6, 6.07) is 8.29. The lowest BCUT2D eigenvalue weighted by Gasteiger charge is -2.40. The molecule has 2 aliphatic heterocycles. The van der Waals surface area contributed by atoms with Crippen LogP contribution in [0.4, 0.5) is 0 Å². The molecule has 1 atom stereocenters. The number of nitrogens with zero attached hydrogens (tertiary/aromatic N) is 3. The lowest BCUT2D eigenvalue weighted by Crippen LogP contribution is -2.45. The highest BCUT2D eigenvalue weighted by Gasteiger charge is 2.41. The largest absolute Gasteiger partial charge is 0.383 e. The van der Waals surface area contributed by atoms with Crippen LogP contribution in [0.1, 0.15) is 25.1 Å². The van der Waals surface area contributed by atoms with Crippen LogP contribution in [0, 0.1) is 5.41 Å². The molecule has 0 bridgehead atoms. The van der Waals surface area contributed by atoms with Gasteiger partial charge in [-0.3, -0.25) is 4.90 Å². The molecular weight excluding hydrogens is 300 g/mol. The quantitative estimate of drug-likeness (QED) is 0.916. The second-order valence-corrected chi connectivity index (χ2v) is 7.53. The number of imidazole rings is 1. The third-order valence-electron chi connectivity index (χ3n) is 5.68. The fourth-order valence-electron chi connectivity index (χ4n) is 4.51. The van der Waals surface area contributed by atoms with Gasteiger partial charge in [-0.1, -0.05) is 12.1 Å². The number of piperidine rings is 1. The highest BCUT2D eigenvalue weighted by atomic mass is 16.5. The topological polar surface area (TPSA) is 44.4 Å². The lowest BCUT2D eigenvalue weighted by atomic mass is 9.79. The molecule has 2 saturated heterocycles. The normalized spacial score (nSPS) is 25.9. The van der Waals surface area contributed by atoms with Gasteiger partial charge in [0.25, 0.3) is 0 Å². The van der Waals surface area contributed by atoms with Gasteiger partial charge in [-0.05, 0) is 49.9 Å². The van der Waals surface area contributed by atoms with E-state index in [1.165, 1.54) is 45.4 Å². The van der Waals surface area contributed by atoms with E-state index in [9.17, 15) is 0 Å². The maximum Gasteiger partial charge on any atom is 0.121 e. The Morgan fingerprint density at radius 2 is 2.04 bits per heavy atom. The number of hydrogen-bond donors (Lipinski definition) is 1. The van der Waals surface area contributed by atoms with Crippen molar-refractivity contribution >= 4 is 11.0 Å². The Hall–Kier alpha value is -1.43. The number of rotatable bonds is 5. The van der Waals surface area contributed by atoms with E-state index in [-0.39, 0.29) is 0 Å². The second kappa shape index (κ2) is 6.82. The zero-order chi connectivity index (χ0) is 16.4. The number of fused-ring (bicyclic) bond motifs is 1. The number of nitrogens with one attached hydrogen (secondary N) is 1. The van der Waals surface area contributed by atoms with Crippen LogP contribution in [0.5, 0.6) is 0 Å². The van der Waals surface area contributed by atoms with E-state index < -0.39 is 0 Å². The van der Waals surface area contributed by atoms with E-state index in [2.05, 4.69) is 39.0 Å². The van der Waals surface area contributed by atoms with Crippen LogP contribution in [0.3, 0.4) is 0 Å². The molecule has 2 aliphatic rings. The van der Waals surface area contributed by atoms with Crippen molar-refractivity contribution in [1.29, 1.82) is 0 Å². The Kier molecular flexibility index (Phi) is 4.57. The summed E-state index contributed by atoms with van der Waals surface area (Å²) in [4.78, 5) is 13.4. The molecule has 5 heteroatoms. The zero-order valence-corrected chi connectivity index (χ0v) is 14.6. The first-order valence-electron chi connectivity index (χ1n) is 9.14. The molecule has 2 aromatic rings. The molecule has 4 rings (SSSR count). The monoisotopic (exact) mass is 328 g/mol. The Morgan fingerprint density at radius 3 is 2.92 bits per heavy atom. The van der Waals surface area contributed by atoms with Crippen molar-refractivity contribution in [3.05, 3.63) is 30.1 Å². The highest BCUT2D eigenvalue weighted by molar-refractivity contribution is 5.74. The third kappa shape index (κ3) is 3.34. The van der Waals surface area contributed by atoms with Crippen LogP contribution in [-0.2, 0) is 11.3 Å². The first-order valence-corrected chi connectivity index (χ1v) is 9.14. The van der Waals surface area contributed by atoms with E-state index in [1.807, 2.05) is 0 Å². The molecule has 3 heterocycles. The minimum atomic E-state index is 0.484. The van der Waals surface area contributed by atoms with Gasteiger partial charge in [0, 0.05) is 26.7 Å². The van der Waals surface area contributed by atoms with Crippen LogP contribution in [-0.4, -0.2) is 66.2 Å². The molecule has 1 aromatic heterocycles. The zero-order valence-electron chi connectivity index (χ0n) is 14.6. The van der Waals surface area contributed by atoms with Gasteiger partial charge in [0.1, 0.15) is 5.82 Å². The molecule has 1 spiro atoms. The minimum absolute atomic E-state index is 0.484. The number of aromatic amines is 1. The first-order chi connectivity index (χ1) is 11.8. The number of para-hydroxylation sites is 2. The molecule has 5 nitrogen and oxygen atoms in total. The maximum atomic E-state index is 5.26. The number of likely N-dealkylation sites (tertiary alicyclic amines) is 2. The van der Waals surface area contributed by atoms with Gasteiger partial charge in [0.05, 0.1) is 24.2 Å². The van der Waals surface area contributed by atoms with Crippen molar-refractivity contribution in [2.75, 3.05) is 46.4 Å². The van der Waals surface area contributed by atoms with E-state index >= 15 is 0 Å². The van der Waals surface area contributed by atoms with Crippen LogP contribution in [0.15, 0.2) is 24.3 Å². The van der Waals surface area contributed by atoms with Crippen molar-refractivity contribution < 1.29 is 4.74 Å². The van der Waals surface area contributed by atoms with E-state index in [0.29, 0.717) is 5.41 Å². The van der Waals surface area contributed by atoms with Crippen molar-refractivity contribution in [3.8, 4) is 0 Å². The molecule has 1 aromatic carbocycles. The van der Waals surface area contributed by atoms with Gasteiger partial charge in [-0.2, -0.15) is 0 Å². The van der Waals surface area contributed by atoms with Crippen molar-refractivity contribution in [2.24, 2.45) is 5.41 Å². The highest BCUT2D eigenvalue weighted by Crippen LogP contribution is 2.39. The summed E-state index contributed by atoms with van der Waals surface area (Å²) < 4.78 is 5.26. The van der Waals surface area contributed by atoms with Crippen LogP contribution in [0.2, 0.25) is 0 Å². The van der Waals surface area contributed by atoms with Crippen LogP contribution >= 0.6 is 0 Å². The average molecular weight is 328 g/mol. The number of aromatic nitrogens is 2. The summed E-state index contributed by atoms with van der Waals surface area (Å²) in [5.74, 6) is 1.10. The van der Waals surface area contributed by atoms with Crippen LogP contribution in [0.25, 0.3) is 11.0 Å². The summed E-state index contributed by atoms with van der Waals surface area (Å²) >= 11 is 0. The minimum Gasteiger partial charge on any atom is -0.383 e. The van der Waals surface area contributed by atoms with E-state index in [4.69, 9.17) is 9.72 Å². The van der Waals surface area contributed by atoms with Crippen molar-refractivity contribution in [1.82, 2.24) is 19.8 Å². The number of ether oxygens (including phenoxy) is 1. The van der Waals surface area contributed by atoms with Crippen LogP contribution < -0.4 is 0 Å². The smallest absolute Gasteiger partial charge is 0.121 e. The van der Waals surface area contributed by atoms with Gasteiger partial charge in [-0.15, -0.1) is 0 Å². The fraction of sp³-hybridized carbons (Fsp3) is 0.632. The SMILES string of the molecule is COCCN1CCCC2(CCN(Cc3nc4ccccc4[nH]3)C2)C1. The Labute approximate surface area is 144 Å². The summed E-state index contributed by atoms with van der Waals surface area (Å²) in [5.41, 5.74) is 2.70. The Bertz CT molecular complexity index is 652. The average Bonchev–Trinajstić information content (AvgIpc) is 3.17. The molecule has 24 heavy (non-hydrogen) atoms. The molecule has 1 N–H and O–H groups in total. The summed E-state index contributed by atoms with van der Waals surface area (Å²) in [6.07, 6.45) is 4.01. The van der Waals surface area contributed by atoms with Gasteiger partial charge in [0.15, 0.2) is 0 Å². The second-order valence-electron chi connectivity index (χ2n) is 7.53. The van der Waals surface area contributed by atoms with E-state index in [0.717, 1.165) is 36.6 Å². The molecule has 0 amide bonds. The van der Waals surface area contributed by atoms with Gasteiger partial charge in [0.2, 0.25) is 0 Å². The molecular formula is C19H28N4O. The molecule has 1 unspecified atom stereocenters. The molecule has 0 saturated carbocycles. The predicted octanol–water partition coefficient (Wildman–Crippen LogP) is 2.50.